The van der Waals surface area contributed by atoms with Gasteiger partial charge in [0, 0.05) is 29.8 Å². The van der Waals surface area contributed by atoms with Gasteiger partial charge in [-0.2, -0.15) is 0 Å². The zero-order valence-corrected chi connectivity index (χ0v) is 15.3. The number of H-pyrrole nitrogens is 1. The first-order valence-electron chi connectivity index (χ1n) is 9.02. The molecule has 2 N–H and O–H groups in total. The maximum absolute atomic E-state index is 12.7. The predicted octanol–water partition coefficient (Wildman–Crippen LogP) is 4.15. The van der Waals surface area contributed by atoms with Crippen LogP contribution in [-0.2, 0) is 6.42 Å². The fourth-order valence-electron chi connectivity index (χ4n) is 3.21. The molecule has 136 valence electrons. The molecule has 3 aromatic rings. The van der Waals surface area contributed by atoms with E-state index in [1.54, 1.807) is 13.2 Å². The summed E-state index contributed by atoms with van der Waals surface area (Å²) in [5.74, 6) is 1.08. The number of ether oxygens (including phenoxy) is 1. The molecule has 0 aliphatic carbocycles. The molecule has 2 aromatic carbocycles. The third kappa shape index (κ3) is 3.97. The lowest BCUT2D eigenvalue weighted by Gasteiger charge is -2.13. The molecule has 1 unspecified atom stereocenters. The van der Waals surface area contributed by atoms with Crippen LogP contribution in [0.4, 0.5) is 0 Å². The molecule has 1 atom stereocenters. The minimum absolute atomic E-state index is 0.00484. The summed E-state index contributed by atoms with van der Waals surface area (Å²) in [6.07, 6.45) is 2.72. The lowest BCUT2D eigenvalue weighted by molar-refractivity contribution is 0.228. The van der Waals surface area contributed by atoms with Crippen molar-refractivity contribution < 1.29 is 9.84 Å². The van der Waals surface area contributed by atoms with Crippen LogP contribution in [0.15, 0.2) is 53.3 Å². The van der Waals surface area contributed by atoms with Gasteiger partial charge >= 0.3 is 0 Å². The molecule has 0 bridgehead atoms. The van der Waals surface area contributed by atoms with E-state index in [1.807, 2.05) is 49.4 Å². The number of benzene rings is 2. The fraction of sp³-hybridized carbons (Fsp3) is 0.318. The van der Waals surface area contributed by atoms with Gasteiger partial charge in [-0.05, 0) is 42.4 Å². The lowest BCUT2D eigenvalue weighted by Crippen LogP contribution is -2.06. The van der Waals surface area contributed by atoms with Gasteiger partial charge in [-0.3, -0.25) is 4.79 Å². The topological polar surface area (TPSA) is 62.3 Å². The van der Waals surface area contributed by atoms with Crippen molar-refractivity contribution in [2.45, 2.75) is 26.2 Å². The molecular formula is C22H25NO3. The molecule has 4 nitrogen and oxygen atoms in total. The molecule has 0 saturated carbocycles. The summed E-state index contributed by atoms with van der Waals surface area (Å²) in [7, 11) is 1.65. The Morgan fingerprint density at radius 1 is 1.15 bits per heavy atom. The van der Waals surface area contributed by atoms with E-state index in [-0.39, 0.29) is 12.0 Å². The summed E-state index contributed by atoms with van der Waals surface area (Å²) in [5.41, 5.74) is 3.59. The van der Waals surface area contributed by atoms with Crippen LogP contribution in [-0.4, -0.2) is 23.8 Å². The Labute approximate surface area is 153 Å². The number of aliphatic hydroxyl groups is 1. The Balaban J connectivity index is 1.97. The van der Waals surface area contributed by atoms with Crippen molar-refractivity contribution in [1.82, 2.24) is 4.98 Å². The normalized spacial score (nSPS) is 12.3. The van der Waals surface area contributed by atoms with Crippen LogP contribution in [0.5, 0.6) is 5.75 Å². The van der Waals surface area contributed by atoms with Gasteiger partial charge in [0.05, 0.1) is 12.6 Å². The molecule has 26 heavy (non-hydrogen) atoms. The Hall–Kier alpha value is -2.59. The van der Waals surface area contributed by atoms with Crippen LogP contribution < -0.4 is 10.2 Å². The number of aromatic nitrogens is 1. The van der Waals surface area contributed by atoms with E-state index in [1.165, 1.54) is 0 Å². The molecule has 0 saturated heterocycles. The van der Waals surface area contributed by atoms with Crippen LogP contribution in [0.25, 0.3) is 22.2 Å². The SMILES string of the molecule is COc1cc2[nH]c(-c3ccccc3)cc(=O)c2cc1CCCC(C)CO. The summed E-state index contributed by atoms with van der Waals surface area (Å²) >= 11 is 0. The number of aryl methyl sites for hydroxylation is 1. The molecule has 0 spiro atoms. The van der Waals surface area contributed by atoms with Gasteiger partial charge in [0.2, 0.25) is 0 Å². The van der Waals surface area contributed by atoms with E-state index in [0.29, 0.717) is 11.3 Å². The number of hydrogen-bond donors (Lipinski definition) is 2. The molecule has 0 fully saturated rings. The molecule has 1 heterocycles. The zero-order chi connectivity index (χ0) is 18.5. The average Bonchev–Trinajstić information content (AvgIpc) is 2.68. The Morgan fingerprint density at radius 3 is 2.62 bits per heavy atom. The van der Waals surface area contributed by atoms with E-state index in [2.05, 4.69) is 4.98 Å². The third-order valence-electron chi connectivity index (χ3n) is 4.77. The van der Waals surface area contributed by atoms with Crippen molar-refractivity contribution in [3.05, 3.63) is 64.3 Å². The van der Waals surface area contributed by atoms with Gasteiger partial charge in [-0.1, -0.05) is 37.3 Å². The average molecular weight is 351 g/mol. The van der Waals surface area contributed by atoms with Crippen LogP contribution in [0.1, 0.15) is 25.3 Å². The smallest absolute Gasteiger partial charge is 0.190 e. The summed E-state index contributed by atoms with van der Waals surface area (Å²) in [6.45, 7) is 2.24. The molecule has 4 heteroatoms. The van der Waals surface area contributed by atoms with Crippen molar-refractivity contribution in [2.75, 3.05) is 13.7 Å². The second-order valence-corrected chi connectivity index (χ2v) is 6.80. The van der Waals surface area contributed by atoms with E-state index in [9.17, 15) is 4.79 Å². The molecule has 0 amide bonds. The first-order valence-corrected chi connectivity index (χ1v) is 9.02. The highest BCUT2D eigenvalue weighted by Crippen LogP contribution is 2.27. The number of pyridine rings is 1. The molecule has 0 radical (unpaired) electrons. The summed E-state index contributed by atoms with van der Waals surface area (Å²) in [4.78, 5) is 16.0. The quantitative estimate of drug-likeness (QED) is 0.672. The minimum Gasteiger partial charge on any atom is -0.496 e. The highest BCUT2D eigenvalue weighted by molar-refractivity contribution is 5.83. The number of aromatic amines is 1. The standard InChI is InChI=1S/C22H25NO3/c1-15(14-24)7-6-10-17-11-18-20(13-22(17)26-2)23-19(12-21(18)25)16-8-4-3-5-9-16/h3-5,8-9,11-13,15,24H,6-7,10,14H2,1-2H3,(H,23,25). The Bertz CT molecular complexity index is 931. The van der Waals surface area contributed by atoms with Crippen LogP contribution >= 0.6 is 0 Å². The summed E-state index contributed by atoms with van der Waals surface area (Å²) in [6, 6.07) is 15.3. The molecular weight excluding hydrogens is 326 g/mol. The first-order chi connectivity index (χ1) is 12.6. The largest absolute Gasteiger partial charge is 0.496 e. The molecule has 0 aliphatic heterocycles. The van der Waals surface area contributed by atoms with Crippen molar-refractivity contribution in [3.63, 3.8) is 0 Å². The van der Waals surface area contributed by atoms with Gasteiger partial charge < -0.3 is 14.8 Å². The monoisotopic (exact) mass is 351 g/mol. The van der Waals surface area contributed by atoms with Gasteiger partial charge in [0.25, 0.3) is 0 Å². The van der Waals surface area contributed by atoms with Crippen LogP contribution in [0.2, 0.25) is 0 Å². The van der Waals surface area contributed by atoms with Crippen molar-refractivity contribution in [1.29, 1.82) is 0 Å². The third-order valence-corrected chi connectivity index (χ3v) is 4.77. The Kier molecular flexibility index (Phi) is 5.74. The highest BCUT2D eigenvalue weighted by Gasteiger charge is 2.11. The van der Waals surface area contributed by atoms with Crippen molar-refractivity contribution >= 4 is 10.9 Å². The zero-order valence-electron chi connectivity index (χ0n) is 15.3. The second-order valence-electron chi connectivity index (χ2n) is 6.80. The van der Waals surface area contributed by atoms with Gasteiger partial charge in [0.1, 0.15) is 5.75 Å². The first kappa shape index (κ1) is 18.2. The van der Waals surface area contributed by atoms with Gasteiger partial charge in [-0.25, -0.2) is 0 Å². The number of hydrogen-bond acceptors (Lipinski definition) is 3. The number of methoxy groups -OCH3 is 1. The number of aliphatic hydroxyl groups excluding tert-OH is 1. The van der Waals surface area contributed by atoms with E-state index < -0.39 is 0 Å². The Morgan fingerprint density at radius 2 is 1.92 bits per heavy atom. The summed E-state index contributed by atoms with van der Waals surface area (Å²) in [5, 5.41) is 9.84. The number of fused-ring (bicyclic) bond motifs is 1. The van der Waals surface area contributed by atoms with Gasteiger partial charge in [0.15, 0.2) is 5.43 Å². The molecule has 0 aliphatic rings. The maximum atomic E-state index is 12.7. The fourth-order valence-corrected chi connectivity index (χ4v) is 3.21. The molecule has 1 aromatic heterocycles. The van der Waals surface area contributed by atoms with E-state index in [4.69, 9.17) is 9.84 Å². The number of rotatable bonds is 7. The van der Waals surface area contributed by atoms with Crippen molar-refractivity contribution in [3.8, 4) is 17.0 Å². The van der Waals surface area contributed by atoms with Gasteiger partial charge in [-0.15, -0.1) is 0 Å². The summed E-state index contributed by atoms with van der Waals surface area (Å²) < 4.78 is 5.55. The second kappa shape index (κ2) is 8.19. The molecule has 3 rings (SSSR count). The van der Waals surface area contributed by atoms with E-state index in [0.717, 1.165) is 47.3 Å². The van der Waals surface area contributed by atoms with Crippen LogP contribution in [0, 0.1) is 5.92 Å². The maximum Gasteiger partial charge on any atom is 0.190 e. The predicted molar refractivity (Wildman–Crippen MR) is 106 cm³/mol. The lowest BCUT2D eigenvalue weighted by atomic mass is 9.99. The van der Waals surface area contributed by atoms with Crippen molar-refractivity contribution in [2.24, 2.45) is 5.92 Å². The van der Waals surface area contributed by atoms with Crippen LogP contribution in [0.3, 0.4) is 0 Å². The highest BCUT2D eigenvalue weighted by atomic mass is 16.5. The minimum atomic E-state index is 0.00484. The number of nitrogens with one attached hydrogen (secondary N) is 1. The van der Waals surface area contributed by atoms with E-state index >= 15 is 0 Å².